The molecule has 1 saturated heterocycles. The maximum Gasteiger partial charge on any atom is 0.295 e. The maximum absolute atomic E-state index is 12.9. The summed E-state index contributed by atoms with van der Waals surface area (Å²) in [6.45, 7) is 5.21. The van der Waals surface area contributed by atoms with E-state index in [0.29, 0.717) is 12.1 Å². The molecule has 0 radical (unpaired) electrons. The van der Waals surface area contributed by atoms with Gasteiger partial charge >= 0.3 is 0 Å². The summed E-state index contributed by atoms with van der Waals surface area (Å²) in [4.78, 5) is 30.3. The fraction of sp³-hybridized carbons (Fsp3) is 0.364. The SMILES string of the molecule is Cc1ccc(/C(O)=C2/C(=O)C(=O)N(CCCN(C)C)C2c2sccc2C)cc1. The maximum atomic E-state index is 12.9. The molecule has 148 valence electrons. The van der Waals surface area contributed by atoms with Gasteiger partial charge in [0.05, 0.1) is 11.6 Å². The van der Waals surface area contributed by atoms with Crippen molar-refractivity contribution in [1.29, 1.82) is 0 Å². The second kappa shape index (κ2) is 8.29. The Balaban J connectivity index is 2.07. The Hall–Kier alpha value is -2.44. The lowest BCUT2D eigenvalue weighted by atomic mass is 9.98. The molecule has 1 atom stereocenters. The third-order valence-corrected chi connectivity index (χ3v) is 6.09. The van der Waals surface area contributed by atoms with Crippen LogP contribution in [0.2, 0.25) is 0 Å². The molecule has 1 N–H and O–H groups in total. The number of thiophene rings is 1. The Labute approximate surface area is 169 Å². The van der Waals surface area contributed by atoms with Gasteiger partial charge in [-0.3, -0.25) is 9.59 Å². The van der Waals surface area contributed by atoms with Gasteiger partial charge in [-0.05, 0) is 57.9 Å². The highest BCUT2D eigenvalue weighted by atomic mass is 32.1. The van der Waals surface area contributed by atoms with E-state index >= 15 is 0 Å². The number of ketones is 1. The summed E-state index contributed by atoms with van der Waals surface area (Å²) in [6, 6.07) is 8.77. The topological polar surface area (TPSA) is 60.9 Å². The Kier molecular flexibility index (Phi) is 6.01. The van der Waals surface area contributed by atoms with Gasteiger partial charge in [0.2, 0.25) is 0 Å². The van der Waals surface area contributed by atoms with Gasteiger partial charge in [-0.2, -0.15) is 0 Å². The van der Waals surface area contributed by atoms with Gasteiger partial charge in [-0.1, -0.05) is 29.8 Å². The highest BCUT2D eigenvalue weighted by Gasteiger charge is 2.46. The molecule has 6 heteroatoms. The van der Waals surface area contributed by atoms with Crippen LogP contribution in [0.15, 0.2) is 41.3 Å². The first-order chi connectivity index (χ1) is 13.3. The quantitative estimate of drug-likeness (QED) is 0.457. The van der Waals surface area contributed by atoms with Crippen molar-refractivity contribution in [3.63, 3.8) is 0 Å². The number of aliphatic hydroxyl groups excluding tert-OH is 1. The zero-order valence-corrected chi connectivity index (χ0v) is 17.5. The van der Waals surface area contributed by atoms with Crippen LogP contribution in [0.4, 0.5) is 0 Å². The second-order valence-corrected chi connectivity index (χ2v) is 8.43. The van der Waals surface area contributed by atoms with Gasteiger partial charge in [0, 0.05) is 17.0 Å². The Morgan fingerprint density at radius 2 is 1.82 bits per heavy atom. The van der Waals surface area contributed by atoms with E-state index in [0.717, 1.165) is 29.0 Å². The second-order valence-electron chi connectivity index (χ2n) is 7.48. The van der Waals surface area contributed by atoms with Crippen molar-refractivity contribution in [1.82, 2.24) is 9.80 Å². The van der Waals surface area contributed by atoms with Gasteiger partial charge < -0.3 is 14.9 Å². The fourth-order valence-corrected chi connectivity index (χ4v) is 4.52. The normalized spacial score (nSPS) is 19.0. The molecule has 2 aromatic rings. The Morgan fingerprint density at radius 3 is 2.39 bits per heavy atom. The molecule has 1 aromatic carbocycles. The minimum atomic E-state index is -0.610. The van der Waals surface area contributed by atoms with Crippen molar-refractivity contribution in [3.05, 3.63) is 62.9 Å². The predicted octanol–water partition coefficient (Wildman–Crippen LogP) is 3.74. The van der Waals surface area contributed by atoms with Crippen LogP contribution in [-0.2, 0) is 9.59 Å². The first-order valence-electron chi connectivity index (χ1n) is 9.35. The molecule has 1 aliphatic rings. The number of hydrogen-bond acceptors (Lipinski definition) is 5. The van der Waals surface area contributed by atoms with Crippen molar-refractivity contribution in [2.45, 2.75) is 26.3 Å². The number of rotatable bonds is 6. The molecule has 0 spiro atoms. The van der Waals surface area contributed by atoms with E-state index in [-0.39, 0.29) is 11.3 Å². The van der Waals surface area contributed by atoms with Crippen molar-refractivity contribution >= 4 is 28.8 Å². The third kappa shape index (κ3) is 3.88. The van der Waals surface area contributed by atoms with Crippen LogP contribution in [0.3, 0.4) is 0 Å². The van der Waals surface area contributed by atoms with E-state index in [4.69, 9.17) is 0 Å². The molecular formula is C22H26N2O3S. The van der Waals surface area contributed by atoms with E-state index in [9.17, 15) is 14.7 Å². The number of aliphatic hydroxyl groups is 1. The first kappa shape index (κ1) is 20.3. The number of likely N-dealkylation sites (tertiary alicyclic amines) is 1. The summed E-state index contributed by atoms with van der Waals surface area (Å²) >= 11 is 1.51. The number of aryl methyl sites for hydroxylation is 2. The summed E-state index contributed by atoms with van der Waals surface area (Å²) in [6.07, 6.45) is 0.755. The molecule has 1 fully saturated rings. The van der Waals surface area contributed by atoms with Crippen LogP contribution >= 0.6 is 11.3 Å². The highest BCUT2D eigenvalue weighted by molar-refractivity contribution is 7.10. The van der Waals surface area contributed by atoms with Crippen LogP contribution in [0, 0.1) is 13.8 Å². The number of amides is 1. The zero-order valence-electron chi connectivity index (χ0n) is 16.7. The standard InChI is InChI=1S/C22H26N2O3S/c1-14-6-8-16(9-7-14)19(25)17-18(21-15(2)10-13-28-21)24(22(27)20(17)26)12-5-11-23(3)4/h6-10,13,18,25H,5,11-12H2,1-4H3/b19-17-. The summed E-state index contributed by atoms with van der Waals surface area (Å²) < 4.78 is 0. The number of Topliss-reactive ketones (excluding diaryl/α,β-unsaturated/α-hetero) is 1. The van der Waals surface area contributed by atoms with E-state index in [1.807, 2.05) is 56.4 Å². The molecule has 0 bridgehead atoms. The van der Waals surface area contributed by atoms with Gasteiger partial charge in [0.15, 0.2) is 0 Å². The number of carbonyl (C=O) groups is 2. The van der Waals surface area contributed by atoms with E-state index in [1.165, 1.54) is 11.3 Å². The van der Waals surface area contributed by atoms with E-state index in [2.05, 4.69) is 0 Å². The average molecular weight is 399 g/mol. The molecule has 2 heterocycles. The summed E-state index contributed by atoms with van der Waals surface area (Å²) in [5, 5.41) is 12.9. The lowest BCUT2D eigenvalue weighted by Crippen LogP contribution is -2.32. The summed E-state index contributed by atoms with van der Waals surface area (Å²) in [7, 11) is 3.96. The average Bonchev–Trinajstić information content (AvgIpc) is 3.17. The lowest BCUT2D eigenvalue weighted by molar-refractivity contribution is -0.139. The lowest BCUT2D eigenvalue weighted by Gasteiger charge is -2.25. The number of nitrogens with zero attached hydrogens (tertiary/aromatic N) is 2. The molecular weight excluding hydrogens is 372 g/mol. The number of hydrogen-bond donors (Lipinski definition) is 1. The summed E-state index contributed by atoms with van der Waals surface area (Å²) in [5.74, 6) is -1.25. The van der Waals surface area contributed by atoms with E-state index in [1.54, 1.807) is 17.0 Å². The minimum Gasteiger partial charge on any atom is -0.507 e. The monoisotopic (exact) mass is 398 g/mol. The molecule has 28 heavy (non-hydrogen) atoms. The van der Waals surface area contributed by atoms with Gasteiger partial charge in [0.1, 0.15) is 5.76 Å². The third-order valence-electron chi connectivity index (χ3n) is 5.02. The first-order valence-corrected chi connectivity index (χ1v) is 10.2. The van der Waals surface area contributed by atoms with Gasteiger partial charge in [-0.25, -0.2) is 0 Å². The number of carbonyl (C=O) groups excluding carboxylic acids is 2. The Morgan fingerprint density at radius 1 is 1.14 bits per heavy atom. The predicted molar refractivity (Wildman–Crippen MR) is 112 cm³/mol. The molecule has 0 saturated carbocycles. The largest absolute Gasteiger partial charge is 0.507 e. The Bertz CT molecular complexity index is 912. The molecule has 1 unspecified atom stereocenters. The van der Waals surface area contributed by atoms with E-state index < -0.39 is 17.7 Å². The minimum absolute atomic E-state index is 0.105. The smallest absolute Gasteiger partial charge is 0.295 e. The molecule has 1 amide bonds. The van der Waals surface area contributed by atoms with Crippen LogP contribution in [0.25, 0.3) is 5.76 Å². The van der Waals surface area contributed by atoms with Crippen LogP contribution in [0.5, 0.6) is 0 Å². The number of benzene rings is 1. The van der Waals surface area contributed by atoms with Crippen molar-refractivity contribution in [3.8, 4) is 0 Å². The van der Waals surface area contributed by atoms with Crippen molar-refractivity contribution < 1.29 is 14.7 Å². The van der Waals surface area contributed by atoms with Gasteiger partial charge in [-0.15, -0.1) is 11.3 Å². The molecule has 1 aromatic heterocycles. The van der Waals surface area contributed by atoms with Crippen LogP contribution in [-0.4, -0.2) is 53.8 Å². The molecule has 5 nitrogen and oxygen atoms in total. The van der Waals surface area contributed by atoms with Crippen molar-refractivity contribution in [2.24, 2.45) is 0 Å². The fourth-order valence-electron chi connectivity index (χ4n) is 3.47. The molecule has 3 rings (SSSR count). The highest BCUT2D eigenvalue weighted by Crippen LogP contribution is 2.42. The van der Waals surface area contributed by atoms with Crippen LogP contribution < -0.4 is 0 Å². The molecule has 1 aliphatic heterocycles. The zero-order chi connectivity index (χ0) is 20.4. The van der Waals surface area contributed by atoms with Crippen molar-refractivity contribution in [2.75, 3.05) is 27.2 Å². The molecule has 0 aliphatic carbocycles. The van der Waals surface area contributed by atoms with Crippen LogP contribution in [0.1, 0.15) is 34.0 Å². The van der Waals surface area contributed by atoms with Gasteiger partial charge in [0.25, 0.3) is 11.7 Å². The summed E-state index contributed by atoms with van der Waals surface area (Å²) in [5.41, 5.74) is 2.82.